The Bertz CT molecular complexity index is 635. The van der Waals surface area contributed by atoms with Crippen molar-refractivity contribution < 1.29 is 9.45 Å². The van der Waals surface area contributed by atoms with Gasteiger partial charge in [-0.3, -0.25) is 10.1 Å². The van der Waals surface area contributed by atoms with Crippen LogP contribution in [0, 0.1) is 24.0 Å². The lowest BCUT2D eigenvalue weighted by atomic mass is 10.1. The van der Waals surface area contributed by atoms with Gasteiger partial charge < -0.3 is 9.84 Å². The number of aromatic nitrogens is 1. The molecule has 6 nitrogen and oxygen atoms in total. The number of nitrogens with one attached hydrogen (secondary N) is 1. The van der Waals surface area contributed by atoms with E-state index in [9.17, 15) is 10.1 Å². The van der Waals surface area contributed by atoms with Crippen LogP contribution in [0.15, 0.2) is 22.7 Å². The lowest BCUT2D eigenvalue weighted by molar-refractivity contribution is -0.384. The van der Waals surface area contributed by atoms with Gasteiger partial charge in [0.1, 0.15) is 5.76 Å². The average molecular weight is 296 g/mol. The van der Waals surface area contributed by atoms with Crippen molar-refractivity contribution in [3.8, 4) is 0 Å². The first-order valence-electron chi connectivity index (χ1n) is 6.03. The molecule has 0 aliphatic carbocycles. The number of non-ortho nitro benzene ring substituents is 1. The highest BCUT2D eigenvalue weighted by molar-refractivity contribution is 6.33. The van der Waals surface area contributed by atoms with Gasteiger partial charge in [0.15, 0.2) is 0 Å². The third-order valence-corrected chi connectivity index (χ3v) is 3.37. The van der Waals surface area contributed by atoms with Crippen LogP contribution in [0.3, 0.4) is 0 Å². The SMILES string of the molecule is Cc1noc(C)c1C(C)Nc1ccc([N+](=O)[O-])cc1Cl. The molecule has 1 N–H and O–H groups in total. The molecule has 0 saturated heterocycles. The molecule has 2 aromatic rings. The van der Waals surface area contributed by atoms with Crippen LogP contribution in [0.4, 0.5) is 11.4 Å². The van der Waals surface area contributed by atoms with Gasteiger partial charge in [0.25, 0.3) is 5.69 Å². The molecule has 20 heavy (non-hydrogen) atoms. The topological polar surface area (TPSA) is 81.2 Å². The molecule has 7 heteroatoms. The van der Waals surface area contributed by atoms with Gasteiger partial charge in [-0.1, -0.05) is 16.8 Å². The van der Waals surface area contributed by atoms with Gasteiger partial charge in [-0.2, -0.15) is 0 Å². The Balaban J connectivity index is 2.24. The van der Waals surface area contributed by atoms with Crippen molar-refractivity contribution in [1.29, 1.82) is 0 Å². The molecule has 1 aromatic heterocycles. The summed E-state index contributed by atoms with van der Waals surface area (Å²) < 4.78 is 5.12. The highest BCUT2D eigenvalue weighted by Gasteiger charge is 2.18. The van der Waals surface area contributed by atoms with E-state index in [0.29, 0.717) is 10.7 Å². The number of hydrogen-bond donors (Lipinski definition) is 1. The Hall–Kier alpha value is -2.08. The van der Waals surface area contributed by atoms with Gasteiger partial charge in [-0.25, -0.2) is 0 Å². The zero-order valence-electron chi connectivity index (χ0n) is 11.3. The fourth-order valence-electron chi connectivity index (χ4n) is 2.15. The Labute approximate surface area is 120 Å². The Morgan fingerprint density at radius 3 is 2.65 bits per heavy atom. The number of hydrogen-bond acceptors (Lipinski definition) is 5. The maximum Gasteiger partial charge on any atom is 0.271 e. The van der Waals surface area contributed by atoms with Crippen molar-refractivity contribution in [3.05, 3.63) is 50.4 Å². The molecular weight excluding hydrogens is 282 g/mol. The van der Waals surface area contributed by atoms with Crippen molar-refractivity contribution in [3.63, 3.8) is 0 Å². The van der Waals surface area contributed by atoms with E-state index in [0.717, 1.165) is 17.0 Å². The van der Waals surface area contributed by atoms with Crippen molar-refractivity contribution in [2.45, 2.75) is 26.8 Å². The van der Waals surface area contributed by atoms with E-state index in [1.54, 1.807) is 6.07 Å². The second-order valence-corrected chi connectivity index (χ2v) is 4.93. The summed E-state index contributed by atoms with van der Waals surface area (Å²) in [5.74, 6) is 0.737. The van der Waals surface area contributed by atoms with Crippen LogP contribution in [-0.4, -0.2) is 10.1 Å². The van der Waals surface area contributed by atoms with E-state index in [4.69, 9.17) is 16.1 Å². The number of nitro groups is 1. The molecule has 2 rings (SSSR count). The second kappa shape index (κ2) is 5.50. The van der Waals surface area contributed by atoms with Crippen LogP contribution in [0.25, 0.3) is 0 Å². The molecule has 0 radical (unpaired) electrons. The molecule has 0 amide bonds. The molecule has 0 aliphatic rings. The number of nitrogens with zero attached hydrogens (tertiary/aromatic N) is 2. The van der Waals surface area contributed by atoms with Crippen LogP contribution in [0.5, 0.6) is 0 Å². The third-order valence-electron chi connectivity index (χ3n) is 3.06. The Morgan fingerprint density at radius 2 is 2.15 bits per heavy atom. The second-order valence-electron chi connectivity index (χ2n) is 4.53. The van der Waals surface area contributed by atoms with Crippen molar-refractivity contribution in [2.24, 2.45) is 0 Å². The molecule has 1 aromatic carbocycles. The van der Waals surface area contributed by atoms with E-state index in [2.05, 4.69) is 10.5 Å². The number of nitro benzene ring substituents is 1. The molecular formula is C13H14ClN3O3. The Kier molecular flexibility index (Phi) is 3.94. The smallest absolute Gasteiger partial charge is 0.271 e. The minimum Gasteiger partial charge on any atom is -0.377 e. The minimum atomic E-state index is -0.479. The third kappa shape index (κ3) is 2.75. The van der Waals surface area contributed by atoms with E-state index in [1.165, 1.54) is 12.1 Å². The molecule has 0 fully saturated rings. The van der Waals surface area contributed by atoms with Crippen molar-refractivity contribution >= 4 is 23.0 Å². The summed E-state index contributed by atoms with van der Waals surface area (Å²) in [5, 5.41) is 18.1. The van der Waals surface area contributed by atoms with Crippen LogP contribution < -0.4 is 5.32 Å². The van der Waals surface area contributed by atoms with Crippen LogP contribution in [-0.2, 0) is 0 Å². The molecule has 1 atom stereocenters. The standard InChI is InChI=1S/C13H14ClN3O3/c1-7(13-8(2)16-20-9(13)3)15-12-5-4-10(17(18)19)6-11(12)14/h4-7,15H,1-3H3. The summed E-state index contributed by atoms with van der Waals surface area (Å²) >= 11 is 6.05. The first-order valence-corrected chi connectivity index (χ1v) is 6.41. The number of rotatable bonds is 4. The maximum atomic E-state index is 10.7. The molecule has 0 aliphatic heterocycles. The lowest BCUT2D eigenvalue weighted by Crippen LogP contribution is -2.08. The maximum absolute atomic E-state index is 10.7. The van der Waals surface area contributed by atoms with Crippen molar-refractivity contribution in [2.75, 3.05) is 5.32 Å². The summed E-state index contributed by atoms with van der Waals surface area (Å²) in [6.07, 6.45) is 0. The highest BCUT2D eigenvalue weighted by Crippen LogP contribution is 2.31. The van der Waals surface area contributed by atoms with E-state index >= 15 is 0 Å². The minimum absolute atomic E-state index is 0.0365. The van der Waals surface area contributed by atoms with E-state index in [1.807, 2.05) is 20.8 Å². The normalized spacial score (nSPS) is 12.2. The number of anilines is 1. The summed E-state index contributed by atoms with van der Waals surface area (Å²) in [4.78, 5) is 10.2. The Morgan fingerprint density at radius 1 is 1.45 bits per heavy atom. The number of aryl methyl sites for hydroxylation is 2. The predicted molar refractivity (Wildman–Crippen MR) is 76.1 cm³/mol. The van der Waals surface area contributed by atoms with Gasteiger partial charge in [0, 0.05) is 17.7 Å². The molecule has 0 saturated carbocycles. The van der Waals surface area contributed by atoms with Gasteiger partial charge in [0.05, 0.1) is 27.4 Å². The molecule has 106 valence electrons. The summed E-state index contributed by atoms with van der Waals surface area (Å²) in [7, 11) is 0. The van der Waals surface area contributed by atoms with E-state index < -0.39 is 4.92 Å². The average Bonchev–Trinajstić information content (AvgIpc) is 2.71. The zero-order valence-corrected chi connectivity index (χ0v) is 12.1. The van der Waals surface area contributed by atoms with Crippen molar-refractivity contribution in [1.82, 2.24) is 5.16 Å². The van der Waals surface area contributed by atoms with Gasteiger partial charge >= 0.3 is 0 Å². The van der Waals surface area contributed by atoms with Gasteiger partial charge in [-0.05, 0) is 26.8 Å². The van der Waals surface area contributed by atoms with E-state index in [-0.39, 0.29) is 11.7 Å². The molecule has 0 spiro atoms. The molecule has 0 bridgehead atoms. The monoisotopic (exact) mass is 295 g/mol. The highest BCUT2D eigenvalue weighted by atomic mass is 35.5. The fourth-order valence-corrected chi connectivity index (χ4v) is 2.38. The van der Waals surface area contributed by atoms with Gasteiger partial charge in [0.2, 0.25) is 0 Å². The largest absolute Gasteiger partial charge is 0.377 e. The predicted octanol–water partition coefficient (Wildman–Crippen LogP) is 4.03. The first kappa shape index (κ1) is 14.3. The zero-order chi connectivity index (χ0) is 14.9. The van der Waals surface area contributed by atoms with Gasteiger partial charge in [-0.15, -0.1) is 0 Å². The van der Waals surface area contributed by atoms with Crippen LogP contribution in [0.1, 0.15) is 30.0 Å². The summed E-state index contributed by atoms with van der Waals surface area (Å²) in [6.45, 7) is 5.65. The molecule has 1 unspecified atom stereocenters. The number of halogens is 1. The quantitative estimate of drug-likeness (QED) is 0.680. The van der Waals surface area contributed by atoms with Crippen LogP contribution in [0.2, 0.25) is 5.02 Å². The fraction of sp³-hybridized carbons (Fsp3) is 0.308. The summed E-state index contributed by atoms with van der Waals surface area (Å²) in [5.41, 5.74) is 2.36. The number of benzene rings is 1. The summed E-state index contributed by atoms with van der Waals surface area (Å²) in [6, 6.07) is 4.26. The van der Waals surface area contributed by atoms with Crippen LogP contribution >= 0.6 is 11.6 Å². The molecule has 1 heterocycles. The first-order chi connectivity index (χ1) is 9.40. The lowest BCUT2D eigenvalue weighted by Gasteiger charge is -2.16.